The first-order chi connectivity index (χ1) is 17.0. The first-order valence-electron chi connectivity index (χ1n) is 12.1. The molecule has 3 heterocycles. The smallest absolute Gasteiger partial charge is 0.337 e. The second-order valence-corrected chi connectivity index (χ2v) is 11.6. The van der Waals surface area contributed by atoms with Gasteiger partial charge in [0, 0.05) is 56.8 Å². The molecule has 0 bridgehead atoms. The molecule has 2 aliphatic rings. The van der Waals surface area contributed by atoms with Crippen molar-refractivity contribution in [3.05, 3.63) is 59.4 Å². The van der Waals surface area contributed by atoms with E-state index in [0.29, 0.717) is 31.2 Å². The van der Waals surface area contributed by atoms with Crippen LogP contribution in [-0.4, -0.2) is 85.6 Å². The third-order valence-electron chi connectivity index (χ3n) is 6.94. The van der Waals surface area contributed by atoms with Gasteiger partial charge in [-0.2, -0.15) is 13.2 Å². The number of piperidine rings is 1. The summed E-state index contributed by atoms with van der Waals surface area (Å²) in [5, 5.41) is 0. The van der Waals surface area contributed by atoms with Gasteiger partial charge in [0.05, 0.1) is 4.90 Å². The molecule has 37 heavy (non-hydrogen) atoms. The maximum absolute atomic E-state index is 13.0. The van der Waals surface area contributed by atoms with E-state index in [9.17, 15) is 26.4 Å². The number of amides is 1. The van der Waals surface area contributed by atoms with Crippen molar-refractivity contribution in [1.29, 1.82) is 0 Å². The summed E-state index contributed by atoms with van der Waals surface area (Å²) in [5.74, 6) is -0.0862. The zero-order valence-electron chi connectivity index (χ0n) is 20.7. The highest BCUT2D eigenvalue weighted by molar-refractivity contribution is 7.90. The first-order valence-corrected chi connectivity index (χ1v) is 14.0. The number of carbonyl (C=O) groups excluding carboxylic acids is 1. The van der Waals surface area contributed by atoms with Gasteiger partial charge in [0.1, 0.15) is 5.69 Å². The summed E-state index contributed by atoms with van der Waals surface area (Å²) in [6.07, 6.45) is 0.829. The van der Waals surface area contributed by atoms with Gasteiger partial charge in [-0.05, 0) is 68.2 Å². The van der Waals surface area contributed by atoms with Crippen molar-refractivity contribution in [3.8, 4) is 0 Å². The lowest BCUT2D eigenvalue weighted by molar-refractivity contribution is -0.141. The average molecular weight is 561 g/mol. The van der Waals surface area contributed by atoms with Crippen molar-refractivity contribution in [2.45, 2.75) is 42.9 Å². The number of hydrogen-bond donors (Lipinski definition) is 0. The highest BCUT2D eigenvalue weighted by Crippen LogP contribution is 2.27. The van der Waals surface area contributed by atoms with Crippen LogP contribution in [0.4, 0.5) is 13.2 Å². The summed E-state index contributed by atoms with van der Waals surface area (Å²) < 4.78 is 61.5. The quantitative estimate of drug-likeness (QED) is 0.555. The molecule has 0 unspecified atom stereocenters. The Labute approximate surface area is 222 Å². The molecule has 2 aliphatic heterocycles. The molecule has 1 aromatic carbocycles. The molecule has 0 aliphatic carbocycles. The summed E-state index contributed by atoms with van der Waals surface area (Å²) >= 11 is 0. The Morgan fingerprint density at radius 1 is 0.973 bits per heavy atom. The molecule has 12 heteroatoms. The first kappa shape index (κ1) is 29.3. The Bertz CT molecular complexity index is 1150. The predicted molar refractivity (Wildman–Crippen MR) is 136 cm³/mol. The SMILES string of the molecule is CS(=O)(=O)c1ccc(C(=O)N2CCCN(C3CCN(Cc4ccc(C(F)(F)F)nc4)CC3)CC2)cc1.Cl. The molecular weight excluding hydrogens is 529 g/mol. The molecule has 4 rings (SSSR count). The topological polar surface area (TPSA) is 73.8 Å². The van der Waals surface area contributed by atoms with Crippen molar-refractivity contribution in [2.24, 2.45) is 0 Å². The fraction of sp³-hybridized carbons (Fsp3) is 0.520. The Morgan fingerprint density at radius 2 is 1.65 bits per heavy atom. The molecule has 1 amide bonds. The number of aromatic nitrogens is 1. The van der Waals surface area contributed by atoms with Crippen LogP contribution < -0.4 is 0 Å². The average Bonchev–Trinajstić information content (AvgIpc) is 3.10. The van der Waals surface area contributed by atoms with E-state index in [2.05, 4.69) is 14.8 Å². The summed E-state index contributed by atoms with van der Waals surface area (Å²) in [7, 11) is -3.30. The molecule has 2 saturated heterocycles. The van der Waals surface area contributed by atoms with Crippen molar-refractivity contribution < 1.29 is 26.4 Å². The molecule has 0 saturated carbocycles. The van der Waals surface area contributed by atoms with E-state index in [1.165, 1.54) is 24.4 Å². The van der Waals surface area contributed by atoms with Gasteiger partial charge in [-0.15, -0.1) is 12.4 Å². The molecule has 1 aromatic heterocycles. The van der Waals surface area contributed by atoms with E-state index in [1.54, 1.807) is 12.1 Å². The number of sulfone groups is 1. The largest absolute Gasteiger partial charge is 0.433 e. The van der Waals surface area contributed by atoms with Gasteiger partial charge in [0.2, 0.25) is 0 Å². The second kappa shape index (κ2) is 12.1. The Morgan fingerprint density at radius 3 is 2.22 bits per heavy atom. The van der Waals surface area contributed by atoms with Gasteiger partial charge in [-0.1, -0.05) is 6.07 Å². The third-order valence-corrected chi connectivity index (χ3v) is 8.07. The van der Waals surface area contributed by atoms with Crippen molar-refractivity contribution >= 4 is 28.2 Å². The van der Waals surface area contributed by atoms with Crippen LogP contribution in [0.3, 0.4) is 0 Å². The van der Waals surface area contributed by atoms with Crippen LogP contribution in [0.2, 0.25) is 0 Å². The molecule has 0 spiro atoms. The van der Waals surface area contributed by atoms with Gasteiger partial charge >= 0.3 is 6.18 Å². The van der Waals surface area contributed by atoms with Crippen molar-refractivity contribution in [3.63, 3.8) is 0 Å². The highest BCUT2D eigenvalue weighted by atomic mass is 35.5. The van der Waals surface area contributed by atoms with Crippen LogP contribution in [0, 0.1) is 0 Å². The number of pyridine rings is 1. The third kappa shape index (κ3) is 7.66. The highest BCUT2D eigenvalue weighted by Gasteiger charge is 2.32. The van der Waals surface area contributed by atoms with Crippen LogP contribution in [0.15, 0.2) is 47.5 Å². The number of halogens is 4. The molecule has 2 fully saturated rings. The van der Waals surface area contributed by atoms with E-state index < -0.39 is 21.7 Å². The van der Waals surface area contributed by atoms with Crippen LogP contribution >= 0.6 is 12.4 Å². The minimum Gasteiger partial charge on any atom is -0.337 e. The van der Waals surface area contributed by atoms with Gasteiger partial charge in [0.25, 0.3) is 5.91 Å². The number of carbonyl (C=O) groups is 1. The standard InChI is InChI=1S/C25H31F3N4O3S.ClH/c1-36(34,35)22-6-4-20(5-7-22)24(33)32-12-2-11-31(15-16-32)21-9-13-30(14-10-21)18-19-3-8-23(29-17-19)25(26,27)28;/h3-8,17,21H,2,9-16,18H2,1H3;1H. The Kier molecular flexibility index (Phi) is 9.60. The number of nitrogens with zero attached hydrogens (tertiary/aromatic N) is 4. The molecule has 0 atom stereocenters. The molecule has 0 N–H and O–H groups in total. The molecule has 204 valence electrons. The maximum atomic E-state index is 13.0. The normalized spacial score (nSPS) is 18.8. The maximum Gasteiger partial charge on any atom is 0.433 e. The number of benzene rings is 1. The van der Waals surface area contributed by atoms with Gasteiger partial charge < -0.3 is 4.90 Å². The predicted octanol–water partition coefficient (Wildman–Crippen LogP) is 3.74. The van der Waals surface area contributed by atoms with E-state index in [4.69, 9.17) is 0 Å². The molecule has 0 radical (unpaired) electrons. The van der Waals surface area contributed by atoms with Gasteiger partial charge in [0.15, 0.2) is 9.84 Å². The summed E-state index contributed by atoms with van der Waals surface area (Å²) in [5.41, 5.74) is 0.390. The van der Waals surface area contributed by atoms with Gasteiger partial charge in [-0.3, -0.25) is 19.6 Å². The van der Waals surface area contributed by atoms with E-state index in [0.717, 1.165) is 63.3 Å². The van der Waals surface area contributed by atoms with Crippen LogP contribution in [0.5, 0.6) is 0 Å². The van der Waals surface area contributed by atoms with E-state index in [1.807, 2.05) is 4.90 Å². The minimum atomic E-state index is -4.42. The zero-order chi connectivity index (χ0) is 25.9. The number of alkyl halides is 3. The Balaban J connectivity index is 0.00000380. The lowest BCUT2D eigenvalue weighted by Crippen LogP contribution is -2.46. The molecule has 7 nitrogen and oxygen atoms in total. The lowest BCUT2D eigenvalue weighted by Gasteiger charge is -2.38. The summed E-state index contributed by atoms with van der Waals surface area (Å²) in [6.45, 7) is 5.26. The minimum absolute atomic E-state index is 0. The van der Waals surface area contributed by atoms with Crippen LogP contribution in [0.25, 0.3) is 0 Å². The molecular formula is C25H32ClF3N4O3S. The van der Waals surface area contributed by atoms with Crippen molar-refractivity contribution in [1.82, 2.24) is 19.7 Å². The fourth-order valence-corrected chi connectivity index (χ4v) is 5.55. The summed E-state index contributed by atoms with van der Waals surface area (Å²) in [4.78, 5) is 23.2. The van der Waals surface area contributed by atoms with Crippen molar-refractivity contribution in [2.75, 3.05) is 45.5 Å². The monoisotopic (exact) mass is 560 g/mol. The Hall–Kier alpha value is -2.21. The lowest BCUT2D eigenvalue weighted by atomic mass is 10.0. The number of hydrogen-bond acceptors (Lipinski definition) is 6. The summed E-state index contributed by atoms with van der Waals surface area (Å²) in [6, 6.07) is 9.04. The molecule has 2 aromatic rings. The van der Waals surface area contributed by atoms with Crippen LogP contribution in [-0.2, 0) is 22.6 Å². The number of likely N-dealkylation sites (tertiary alicyclic amines) is 1. The van der Waals surface area contributed by atoms with Gasteiger partial charge in [-0.25, -0.2) is 8.42 Å². The van der Waals surface area contributed by atoms with Crippen LogP contribution in [0.1, 0.15) is 40.9 Å². The second-order valence-electron chi connectivity index (χ2n) is 9.54. The number of rotatable bonds is 5. The van der Waals surface area contributed by atoms with E-state index in [-0.39, 0.29) is 23.2 Å². The van der Waals surface area contributed by atoms with E-state index >= 15 is 0 Å². The zero-order valence-corrected chi connectivity index (χ0v) is 22.3. The fourth-order valence-electron chi connectivity index (χ4n) is 4.92.